The SMILES string of the molecule is C=CC1CCN(C(=O)OCC)CC1OC. The zero-order valence-corrected chi connectivity index (χ0v) is 9.44. The molecule has 0 bridgehead atoms. The number of hydrogen-bond acceptors (Lipinski definition) is 3. The normalized spacial score (nSPS) is 26.1. The molecule has 0 aliphatic carbocycles. The maximum absolute atomic E-state index is 11.5. The van der Waals surface area contributed by atoms with Crippen molar-refractivity contribution in [2.75, 3.05) is 26.8 Å². The lowest BCUT2D eigenvalue weighted by molar-refractivity contribution is 0.00269. The van der Waals surface area contributed by atoms with Crippen LogP contribution in [-0.2, 0) is 9.47 Å². The number of carbonyl (C=O) groups excluding carboxylic acids is 1. The maximum Gasteiger partial charge on any atom is 0.409 e. The number of methoxy groups -OCH3 is 1. The molecule has 1 heterocycles. The van der Waals surface area contributed by atoms with E-state index in [1.807, 2.05) is 13.0 Å². The van der Waals surface area contributed by atoms with E-state index in [9.17, 15) is 4.79 Å². The van der Waals surface area contributed by atoms with Crippen LogP contribution in [0.2, 0.25) is 0 Å². The second-order valence-corrected chi connectivity index (χ2v) is 3.61. The van der Waals surface area contributed by atoms with Gasteiger partial charge in [0.1, 0.15) is 0 Å². The van der Waals surface area contributed by atoms with Gasteiger partial charge in [0.05, 0.1) is 19.3 Å². The summed E-state index contributed by atoms with van der Waals surface area (Å²) in [7, 11) is 1.66. The molecule has 15 heavy (non-hydrogen) atoms. The van der Waals surface area contributed by atoms with Crippen LogP contribution in [0.3, 0.4) is 0 Å². The van der Waals surface area contributed by atoms with E-state index >= 15 is 0 Å². The van der Waals surface area contributed by atoms with Gasteiger partial charge in [-0.2, -0.15) is 0 Å². The predicted octanol–water partition coefficient (Wildman–Crippen LogP) is 1.67. The average molecular weight is 213 g/mol. The first-order valence-corrected chi connectivity index (χ1v) is 5.30. The Morgan fingerprint density at radius 1 is 1.67 bits per heavy atom. The highest BCUT2D eigenvalue weighted by Crippen LogP contribution is 2.21. The Kier molecular flexibility index (Phi) is 4.62. The lowest BCUT2D eigenvalue weighted by atomic mass is 9.94. The van der Waals surface area contributed by atoms with Gasteiger partial charge >= 0.3 is 6.09 Å². The number of hydrogen-bond donors (Lipinski definition) is 0. The van der Waals surface area contributed by atoms with Crippen LogP contribution in [-0.4, -0.2) is 43.9 Å². The van der Waals surface area contributed by atoms with E-state index in [4.69, 9.17) is 9.47 Å². The number of rotatable bonds is 3. The van der Waals surface area contributed by atoms with Crippen LogP contribution in [0.25, 0.3) is 0 Å². The summed E-state index contributed by atoms with van der Waals surface area (Å²) in [4.78, 5) is 13.2. The highest BCUT2D eigenvalue weighted by atomic mass is 16.6. The van der Waals surface area contributed by atoms with E-state index < -0.39 is 0 Å². The Labute approximate surface area is 90.8 Å². The van der Waals surface area contributed by atoms with E-state index in [0.717, 1.165) is 13.0 Å². The molecule has 1 rings (SSSR count). The van der Waals surface area contributed by atoms with Crippen LogP contribution in [0.4, 0.5) is 4.79 Å². The second kappa shape index (κ2) is 5.75. The number of piperidine rings is 1. The minimum absolute atomic E-state index is 0.0423. The van der Waals surface area contributed by atoms with E-state index in [-0.39, 0.29) is 12.2 Å². The standard InChI is InChI=1S/C11H19NO3/c1-4-9-6-7-12(8-10(9)14-3)11(13)15-5-2/h4,9-10H,1,5-8H2,2-3H3. The van der Waals surface area contributed by atoms with E-state index in [1.165, 1.54) is 0 Å². The van der Waals surface area contributed by atoms with Crippen LogP contribution >= 0.6 is 0 Å². The molecule has 4 nitrogen and oxygen atoms in total. The molecular weight excluding hydrogens is 194 g/mol. The van der Waals surface area contributed by atoms with Gasteiger partial charge in [-0.1, -0.05) is 6.08 Å². The molecule has 1 aliphatic heterocycles. The first kappa shape index (κ1) is 12.0. The third-order valence-corrected chi connectivity index (χ3v) is 2.74. The first-order valence-electron chi connectivity index (χ1n) is 5.30. The van der Waals surface area contributed by atoms with Crippen LogP contribution in [0.15, 0.2) is 12.7 Å². The summed E-state index contributed by atoms with van der Waals surface area (Å²) < 4.78 is 10.3. The summed E-state index contributed by atoms with van der Waals surface area (Å²) in [6, 6.07) is 0. The topological polar surface area (TPSA) is 38.8 Å². The van der Waals surface area contributed by atoms with Crippen molar-refractivity contribution in [1.29, 1.82) is 0 Å². The lowest BCUT2D eigenvalue weighted by Crippen LogP contribution is -2.47. The fourth-order valence-corrected chi connectivity index (χ4v) is 1.83. The molecule has 1 saturated heterocycles. The molecule has 1 aliphatic rings. The van der Waals surface area contributed by atoms with Gasteiger partial charge in [-0.3, -0.25) is 0 Å². The summed E-state index contributed by atoms with van der Waals surface area (Å²) >= 11 is 0. The molecular formula is C11H19NO3. The zero-order valence-electron chi connectivity index (χ0n) is 9.44. The Bertz CT molecular complexity index is 230. The number of carbonyl (C=O) groups is 1. The molecule has 0 aromatic rings. The summed E-state index contributed by atoms with van der Waals surface area (Å²) in [6.07, 6.45) is 2.58. The van der Waals surface area contributed by atoms with Crippen LogP contribution in [0.1, 0.15) is 13.3 Å². The summed E-state index contributed by atoms with van der Waals surface area (Å²) in [6.45, 7) is 7.30. The van der Waals surface area contributed by atoms with Gasteiger partial charge in [-0.15, -0.1) is 6.58 Å². The molecule has 2 atom stereocenters. The van der Waals surface area contributed by atoms with Crippen LogP contribution in [0.5, 0.6) is 0 Å². The molecule has 0 N–H and O–H groups in total. The van der Waals surface area contributed by atoms with Crippen LogP contribution < -0.4 is 0 Å². The summed E-state index contributed by atoms with van der Waals surface area (Å²) in [5, 5.41) is 0. The van der Waals surface area contributed by atoms with Crippen molar-refractivity contribution in [2.24, 2.45) is 5.92 Å². The van der Waals surface area contributed by atoms with Gasteiger partial charge in [0.2, 0.25) is 0 Å². The van der Waals surface area contributed by atoms with Gasteiger partial charge in [0.25, 0.3) is 0 Å². The van der Waals surface area contributed by atoms with E-state index in [2.05, 4.69) is 6.58 Å². The molecule has 0 aromatic carbocycles. The zero-order chi connectivity index (χ0) is 11.3. The fraction of sp³-hybridized carbons (Fsp3) is 0.727. The summed E-state index contributed by atoms with van der Waals surface area (Å²) in [5.74, 6) is 0.334. The van der Waals surface area contributed by atoms with Crippen molar-refractivity contribution in [1.82, 2.24) is 4.90 Å². The monoisotopic (exact) mass is 213 g/mol. The Morgan fingerprint density at radius 2 is 2.40 bits per heavy atom. The maximum atomic E-state index is 11.5. The lowest BCUT2D eigenvalue weighted by Gasteiger charge is -2.35. The fourth-order valence-electron chi connectivity index (χ4n) is 1.83. The second-order valence-electron chi connectivity index (χ2n) is 3.61. The third-order valence-electron chi connectivity index (χ3n) is 2.74. The number of likely N-dealkylation sites (tertiary alicyclic amines) is 1. The molecule has 0 spiro atoms. The van der Waals surface area contributed by atoms with Gasteiger partial charge in [-0.05, 0) is 13.3 Å². The highest BCUT2D eigenvalue weighted by molar-refractivity contribution is 5.67. The van der Waals surface area contributed by atoms with Crippen molar-refractivity contribution in [3.05, 3.63) is 12.7 Å². The molecule has 0 radical (unpaired) electrons. The Balaban J connectivity index is 2.52. The van der Waals surface area contributed by atoms with Gasteiger partial charge in [-0.25, -0.2) is 4.79 Å². The smallest absolute Gasteiger partial charge is 0.409 e. The molecule has 1 fully saturated rings. The van der Waals surface area contributed by atoms with Crippen molar-refractivity contribution >= 4 is 6.09 Å². The van der Waals surface area contributed by atoms with Crippen molar-refractivity contribution in [2.45, 2.75) is 19.4 Å². The van der Waals surface area contributed by atoms with Crippen molar-refractivity contribution < 1.29 is 14.3 Å². The first-order chi connectivity index (χ1) is 7.22. The Hall–Kier alpha value is -1.03. The van der Waals surface area contributed by atoms with E-state index in [1.54, 1.807) is 12.0 Å². The molecule has 0 aromatic heterocycles. The van der Waals surface area contributed by atoms with E-state index in [0.29, 0.717) is 19.1 Å². The average Bonchev–Trinajstić information content (AvgIpc) is 2.28. The highest BCUT2D eigenvalue weighted by Gasteiger charge is 2.30. The van der Waals surface area contributed by atoms with Crippen LogP contribution in [0, 0.1) is 5.92 Å². The molecule has 2 unspecified atom stereocenters. The molecule has 1 amide bonds. The molecule has 4 heteroatoms. The third kappa shape index (κ3) is 2.96. The number of amides is 1. The van der Waals surface area contributed by atoms with Gasteiger partial charge in [0.15, 0.2) is 0 Å². The van der Waals surface area contributed by atoms with Crippen molar-refractivity contribution in [3.63, 3.8) is 0 Å². The quantitative estimate of drug-likeness (QED) is 0.669. The van der Waals surface area contributed by atoms with Crippen molar-refractivity contribution in [3.8, 4) is 0 Å². The number of nitrogens with zero attached hydrogens (tertiary/aromatic N) is 1. The predicted molar refractivity (Wildman–Crippen MR) is 57.7 cm³/mol. The molecule has 0 saturated carbocycles. The van der Waals surface area contributed by atoms with Gasteiger partial charge < -0.3 is 14.4 Å². The number of ether oxygens (including phenoxy) is 2. The molecule has 86 valence electrons. The minimum Gasteiger partial charge on any atom is -0.450 e. The minimum atomic E-state index is -0.248. The largest absolute Gasteiger partial charge is 0.450 e. The summed E-state index contributed by atoms with van der Waals surface area (Å²) in [5.41, 5.74) is 0. The Morgan fingerprint density at radius 3 is 2.93 bits per heavy atom. The van der Waals surface area contributed by atoms with Gasteiger partial charge in [0, 0.05) is 19.6 Å².